The van der Waals surface area contributed by atoms with Crippen LogP contribution in [0.25, 0.3) is 10.1 Å². The van der Waals surface area contributed by atoms with E-state index in [1.807, 2.05) is 48.5 Å². The monoisotopic (exact) mass is 367 g/mol. The number of benzene rings is 2. The molecule has 1 aromatic heterocycles. The minimum atomic E-state index is -0.114. The zero-order chi connectivity index (χ0) is 17.9. The molecule has 0 atom stereocenters. The third kappa shape index (κ3) is 3.81. The maximum absolute atomic E-state index is 12.5. The molecule has 1 amide bonds. The second-order valence-corrected chi connectivity index (χ2v) is 7.54. The van der Waals surface area contributed by atoms with Crippen LogP contribution in [0.15, 0.2) is 48.5 Å². The molecule has 0 unspecified atom stereocenters. The summed E-state index contributed by atoms with van der Waals surface area (Å²) in [5, 5.41) is 7.26. The molecule has 26 heavy (non-hydrogen) atoms. The summed E-state index contributed by atoms with van der Waals surface area (Å²) in [6, 6.07) is 15.1. The summed E-state index contributed by atoms with van der Waals surface area (Å²) >= 11 is 1.46. The lowest BCUT2D eigenvalue weighted by Gasteiger charge is -2.23. The Kier molecular flexibility index (Phi) is 4.77. The van der Waals surface area contributed by atoms with Crippen molar-refractivity contribution in [2.45, 2.75) is 18.9 Å². The Morgan fingerprint density at radius 3 is 2.65 bits per heavy atom. The first-order valence-corrected chi connectivity index (χ1v) is 9.57. The van der Waals surface area contributed by atoms with Gasteiger partial charge in [0.2, 0.25) is 0 Å². The minimum absolute atomic E-state index is 0.114. The Bertz CT molecular complexity index is 914. The molecule has 2 aromatic carbocycles. The maximum atomic E-state index is 12.5. The molecule has 3 aromatic rings. The van der Waals surface area contributed by atoms with E-state index in [1.165, 1.54) is 11.3 Å². The van der Waals surface area contributed by atoms with E-state index in [-0.39, 0.29) is 12.0 Å². The van der Waals surface area contributed by atoms with Gasteiger partial charge in [0.15, 0.2) is 0 Å². The SMILES string of the molecule is Nc1ccc2sc(C(=O)Nc3ccc(OC4CCNCC4)cc3)cc2c1. The highest BCUT2D eigenvalue weighted by Gasteiger charge is 2.15. The fourth-order valence-electron chi connectivity index (χ4n) is 3.09. The number of hydrogen-bond acceptors (Lipinski definition) is 5. The molecule has 134 valence electrons. The first-order chi connectivity index (χ1) is 12.7. The largest absolute Gasteiger partial charge is 0.490 e. The van der Waals surface area contributed by atoms with Gasteiger partial charge in [-0.05, 0) is 79.8 Å². The summed E-state index contributed by atoms with van der Waals surface area (Å²) in [7, 11) is 0. The highest BCUT2D eigenvalue weighted by molar-refractivity contribution is 7.20. The molecule has 4 rings (SSSR count). The van der Waals surface area contributed by atoms with Gasteiger partial charge in [-0.2, -0.15) is 0 Å². The van der Waals surface area contributed by atoms with Gasteiger partial charge in [-0.3, -0.25) is 4.79 Å². The number of carbonyl (C=O) groups is 1. The van der Waals surface area contributed by atoms with E-state index in [9.17, 15) is 4.79 Å². The topological polar surface area (TPSA) is 76.4 Å². The number of nitrogens with one attached hydrogen (secondary N) is 2. The van der Waals surface area contributed by atoms with Crippen molar-refractivity contribution in [1.82, 2.24) is 5.32 Å². The molecule has 0 aliphatic carbocycles. The van der Waals surface area contributed by atoms with Crippen LogP contribution >= 0.6 is 11.3 Å². The van der Waals surface area contributed by atoms with E-state index >= 15 is 0 Å². The lowest BCUT2D eigenvalue weighted by Crippen LogP contribution is -2.34. The average molecular weight is 367 g/mol. The second kappa shape index (κ2) is 7.35. The van der Waals surface area contributed by atoms with Gasteiger partial charge < -0.3 is 21.1 Å². The molecule has 5 nitrogen and oxygen atoms in total. The average Bonchev–Trinajstić information content (AvgIpc) is 3.07. The van der Waals surface area contributed by atoms with Crippen LogP contribution in [0.1, 0.15) is 22.5 Å². The standard InChI is InChI=1S/C20H21N3O2S/c21-14-1-6-18-13(11-14)12-19(26-18)20(24)23-15-2-4-16(5-3-15)25-17-7-9-22-10-8-17/h1-6,11-12,17,22H,7-10,21H2,(H,23,24). The maximum Gasteiger partial charge on any atom is 0.265 e. The summed E-state index contributed by atoms with van der Waals surface area (Å²) in [5.74, 6) is 0.726. The number of hydrogen-bond donors (Lipinski definition) is 3. The van der Waals surface area contributed by atoms with Crippen molar-refractivity contribution in [3.63, 3.8) is 0 Å². The number of nitrogens with two attached hydrogens (primary N) is 1. The van der Waals surface area contributed by atoms with Gasteiger partial charge in [-0.1, -0.05) is 0 Å². The lowest BCUT2D eigenvalue weighted by atomic mass is 10.1. The number of anilines is 2. The predicted octanol–water partition coefficient (Wildman–Crippen LogP) is 3.87. The number of nitrogen functional groups attached to an aromatic ring is 1. The van der Waals surface area contributed by atoms with Crippen LogP contribution in [0.5, 0.6) is 5.75 Å². The van der Waals surface area contributed by atoms with Crippen LogP contribution < -0.4 is 21.1 Å². The van der Waals surface area contributed by atoms with Gasteiger partial charge in [-0.25, -0.2) is 0 Å². The predicted molar refractivity (Wildman–Crippen MR) is 107 cm³/mol. The molecule has 0 radical (unpaired) electrons. The Hall–Kier alpha value is -2.57. The lowest BCUT2D eigenvalue weighted by molar-refractivity contribution is 0.103. The molecule has 1 fully saturated rings. The Labute approximate surface area is 156 Å². The number of piperidine rings is 1. The van der Waals surface area contributed by atoms with E-state index < -0.39 is 0 Å². The molecule has 1 saturated heterocycles. The van der Waals surface area contributed by atoms with Crippen LogP contribution in [-0.2, 0) is 0 Å². The molecular weight excluding hydrogens is 346 g/mol. The summed E-state index contributed by atoms with van der Waals surface area (Å²) in [5.41, 5.74) is 7.26. The van der Waals surface area contributed by atoms with Crippen molar-refractivity contribution in [2.24, 2.45) is 0 Å². The van der Waals surface area contributed by atoms with Crippen molar-refractivity contribution in [3.05, 3.63) is 53.4 Å². The minimum Gasteiger partial charge on any atom is -0.490 e. The fraction of sp³-hybridized carbons (Fsp3) is 0.250. The van der Waals surface area contributed by atoms with Crippen molar-refractivity contribution in [1.29, 1.82) is 0 Å². The number of rotatable bonds is 4. The second-order valence-electron chi connectivity index (χ2n) is 6.45. The molecule has 1 aliphatic rings. The number of ether oxygens (including phenoxy) is 1. The quantitative estimate of drug-likeness (QED) is 0.612. The van der Waals surface area contributed by atoms with Crippen LogP contribution in [0.3, 0.4) is 0 Å². The zero-order valence-corrected chi connectivity index (χ0v) is 15.1. The summed E-state index contributed by atoms with van der Waals surface area (Å²) in [6.07, 6.45) is 2.31. The van der Waals surface area contributed by atoms with E-state index in [2.05, 4.69) is 10.6 Å². The summed E-state index contributed by atoms with van der Waals surface area (Å²) in [4.78, 5) is 13.2. The smallest absolute Gasteiger partial charge is 0.265 e. The highest BCUT2D eigenvalue weighted by atomic mass is 32.1. The van der Waals surface area contributed by atoms with Gasteiger partial charge in [0.25, 0.3) is 5.91 Å². The van der Waals surface area contributed by atoms with Crippen LogP contribution in [0.4, 0.5) is 11.4 Å². The molecular formula is C20H21N3O2S. The van der Waals surface area contributed by atoms with Gasteiger partial charge in [0, 0.05) is 16.1 Å². The van der Waals surface area contributed by atoms with Crippen LogP contribution in [0, 0.1) is 0 Å². The first kappa shape index (κ1) is 16.9. The number of carbonyl (C=O) groups excluding carboxylic acids is 1. The summed E-state index contributed by atoms with van der Waals surface area (Å²) in [6.45, 7) is 2.00. The van der Waals surface area contributed by atoms with Crippen LogP contribution in [-0.4, -0.2) is 25.1 Å². The molecule has 0 bridgehead atoms. The van der Waals surface area contributed by atoms with Gasteiger partial charge >= 0.3 is 0 Å². The van der Waals surface area contributed by atoms with Gasteiger partial charge in [0.05, 0.1) is 4.88 Å². The Balaban J connectivity index is 1.41. The molecule has 0 saturated carbocycles. The van der Waals surface area contributed by atoms with Crippen molar-refractivity contribution < 1.29 is 9.53 Å². The zero-order valence-electron chi connectivity index (χ0n) is 14.3. The van der Waals surface area contributed by atoms with E-state index in [0.717, 1.165) is 47.5 Å². The Morgan fingerprint density at radius 1 is 1.12 bits per heavy atom. The number of thiophene rings is 1. The van der Waals surface area contributed by atoms with E-state index in [1.54, 1.807) is 0 Å². The van der Waals surface area contributed by atoms with Crippen LogP contribution in [0.2, 0.25) is 0 Å². The third-order valence-corrected chi connectivity index (χ3v) is 5.58. The number of fused-ring (bicyclic) bond motifs is 1. The van der Waals surface area contributed by atoms with Gasteiger partial charge in [-0.15, -0.1) is 11.3 Å². The van der Waals surface area contributed by atoms with Crippen molar-refractivity contribution in [2.75, 3.05) is 24.1 Å². The third-order valence-electron chi connectivity index (χ3n) is 4.47. The molecule has 1 aliphatic heterocycles. The number of amides is 1. The van der Waals surface area contributed by atoms with E-state index in [4.69, 9.17) is 10.5 Å². The highest BCUT2D eigenvalue weighted by Crippen LogP contribution is 2.28. The molecule has 4 N–H and O–H groups in total. The summed E-state index contributed by atoms with van der Waals surface area (Å²) < 4.78 is 7.04. The van der Waals surface area contributed by atoms with Gasteiger partial charge in [0.1, 0.15) is 11.9 Å². The Morgan fingerprint density at radius 2 is 1.88 bits per heavy atom. The molecule has 2 heterocycles. The van der Waals surface area contributed by atoms with Crippen molar-refractivity contribution in [3.8, 4) is 5.75 Å². The first-order valence-electron chi connectivity index (χ1n) is 8.75. The normalized spacial score (nSPS) is 15.1. The van der Waals surface area contributed by atoms with Crippen molar-refractivity contribution >= 4 is 38.7 Å². The molecule has 6 heteroatoms. The molecule has 0 spiro atoms. The fourth-order valence-corrected chi connectivity index (χ4v) is 4.03. The van der Waals surface area contributed by atoms with E-state index in [0.29, 0.717) is 10.6 Å².